The molecule has 2 aromatic heterocycles. The molecular formula is C16H13ClFN5OS. The first-order chi connectivity index (χ1) is 12.0. The standard InChI is InChI=1S/C16H13ClFN5OS/c1-9(15(24)20-13-3-2-11(17)8-12(13)18)25-16-21-14(22-23-16)10-4-6-19-7-5-10/h2-9H,1H3,(H,20,24)(H,21,22,23)/t9-/m1/s1. The van der Waals surface area contributed by atoms with Gasteiger partial charge in [-0.1, -0.05) is 23.4 Å². The van der Waals surface area contributed by atoms with Crippen molar-refractivity contribution >= 4 is 35.0 Å². The zero-order chi connectivity index (χ0) is 17.8. The van der Waals surface area contributed by atoms with E-state index in [-0.39, 0.29) is 16.6 Å². The lowest BCUT2D eigenvalue weighted by molar-refractivity contribution is -0.115. The zero-order valence-electron chi connectivity index (χ0n) is 13.0. The summed E-state index contributed by atoms with van der Waals surface area (Å²) in [6, 6.07) is 7.67. The molecule has 6 nitrogen and oxygen atoms in total. The van der Waals surface area contributed by atoms with Gasteiger partial charge in [0.15, 0.2) is 5.82 Å². The van der Waals surface area contributed by atoms with Crippen LogP contribution >= 0.6 is 23.4 Å². The fourth-order valence-electron chi connectivity index (χ4n) is 1.97. The minimum atomic E-state index is -0.587. The third kappa shape index (κ3) is 4.34. The number of aromatic amines is 1. The van der Waals surface area contributed by atoms with Crippen LogP contribution in [-0.2, 0) is 4.79 Å². The van der Waals surface area contributed by atoms with E-state index in [4.69, 9.17) is 11.6 Å². The lowest BCUT2D eigenvalue weighted by Gasteiger charge is -2.10. The molecule has 128 valence electrons. The highest BCUT2D eigenvalue weighted by Gasteiger charge is 2.19. The number of aromatic nitrogens is 4. The number of amides is 1. The average molecular weight is 378 g/mol. The molecule has 1 aromatic carbocycles. The molecule has 2 heterocycles. The number of hydrogen-bond donors (Lipinski definition) is 2. The van der Waals surface area contributed by atoms with Crippen molar-refractivity contribution in [3.05, 3.63) is 53.6 Å². The molecule has 9 heteroatoms. The van der Waals surface area contributed by atoms with Crippen LogP contribution in [0.3, 0.4) is 0 Å². The number of anilines is 1. The van der Waals surface area contributed by atoms with Crippen LogP contribution in [0, 0.1) is 5.82 Å². The van der Waals surface area contributed by atoms with Crippen LogP contribution in [0.1, 0.15) is 6.92 Å². The molecule has 2 N–H and O–H groups in total. The number of nitrogens with zero attached hydrogens (tertiary/aromatic N) is 3. The van der Waals surface area contributed by atoms with E-state index in [0.717, 1.165) is 11.6 Å². The predicted octanol–water partition coefficient (Wildman–Crippen LogP) is 3.78. The van der Waals surface area contributed by atoms with Crippen LogP contribution in [0.4, 0.5) is 10.1 Å². The van der Waals surface area contributed by atoms with E-state index < -0.39 is 11.1 Å². The Morgan fingerprint density at radius 2 is 2.08 bits per heavy atom. The molecule has 0 spiro atoms. The summed E-state index contributed by atoms with van der Waals surface area (Å²) in [6.45, 7) is 1.69. The molecule has 0 fully saturated rings. The Hall–Kier alpha value is -2.45. The smallest absolute Gasteiger partial charge is 0.237 e. The Labute approximate surface area is 152 Å². The summed E-state index contributed by atoms with van der Waals surface area (Å²) in [7, 11) is 0. The molecule has 0 saturated heterocycles. The van der Waals surface area contributed by atoms with Crippen LogP contribution in [0.5, 0.6) is 0 Å². The van der Waals surface area contributed by atoms with Gasteiger partial charge in [0.05, 0.1) is 10.9 Å². The second kappa shape index (κ2) is 7.62. The highest BCUT2D eigenvalue weighted by atomic mass is 35.5. The molecule has 0 radical (unpaired) electrons. The summed E-state index contributed by atoms with van der Waals surface area (Å²) in [5.74, 6) is -0.362. The number of halogens is 2. The number of H-pyrrole nitrogens is 1. The van der Waals surface area contributed by atoms with Gasteiger partial charge >= 0.3 is 0 Å². The van der Waals surface area contributed by atoms with Gasteiger partial charge in [-0.15, -0.1) is 5.10 Å². The van der Waals surface area contributed by atoms with Gasteiger partial charge in [0.1, 0.15) is 5.82 Å². The van der Waals surface area contributed by atoms with Crippen molar-refractivity contribution in [1.29, 1.82) is 0 Å². The molecule has 3 rings (SSSR count). The summed E-state index contributed by atoms with van der Waals surface area (Å²) in [5.41, 5.74) is 0.920. The summed E-state index contributed by atoms with van der Waals surface area (Å²) in [4.78, 5) is 20.5. The van der Waals surface area contributed by atoms with Crippen molar-refractivity contribution < 1.29 is 9.18 Å². The highest BCUT2D eigenvalue weighted by Crippen LogP contribution is 2.24. The van der Waals surface area contributed by atoms with Crippen LogP contribution in [0.2, 0.25) is 5.02 Å². The molecule has 0 aliphatic carbocycles. The minimum absolute atomic E-state index is 0.0781. The Kier molecular flexibility index (Phi) is 5.30. The monoisotopic (exact) mass is 377 g/mol. The number of benzene rings is 1. The Balaban J connectivity index is 1.65. The Bertz CT molecular complexity index is 889. The van der Waals surface area contributed by atoms with Gasteiger partial charge in [0, 0.05) is 23.0 Å². The number of thioether (sulfide) groups is 1. The van der Waals surface area contributed by atoms with Crippen LogP contribution in [-0.4, -0.2) is 31.3 Å². The average Bonchev–Trinajstić information content (AvgIpc) is 3.06. The molecule has 0 saturated carbocycles. The fraction of sp³-hybridized carbons (Fsp3) is 0.125. The lowest BCUT2D eigenvalue weighted by Crippen LogP contribution is -2.23. The van der Waals surface area contributed by atoms with E-state index in [1.807, 2.05) is 0 Å². The first-order valence-electron chi connectivity index (χ1n) is 7.28. The van der Waals surface area contributed by atoms with Gasteiger partial charge in [-0.2, -0.15) is 0 Å². The largest absolute Gasteiger partial charge is 0.323 e. The molecule has 0 aliphatic rings. The third-order valence-electron chi connectivity index (χ3n) is 3.26. The lowest BCUT2D eigenvalue weighted by atomic mass is 10.3. The molecule has 0 aliphatic heterocycles. The maximum atomic E-state index is 13.8. The fourth-order valence-corrected chi connectivity index (χ4v) is 2.86. The Morgan fingerprint density at radius 1 is 1.32 bits per heavy atom. The van der Waals surface area contributed by atoms with Gasteiger partial charge in [0.2, 0.25) is 11.1 Å². The van der Waals surface area contributed by atoms with Gasteiger partial charge in [-0.05, 0) is 37.3 Å². The number of pyridine rings is 1. The van der Waals surface area contributed by atoms with E-state index >= 15 is 0 Å². The Morgan fingerprint density at radius 3 is 2.80 bits per heavy atom. The highest BCUT2D eigenvalue weighted by molar-refractivity contribution is 8.00. The molecule has 0 bridgehead atoms. The number of nitrogens with one attached hydrogen (secondary N) is 2. The van der Waals surface area contributed by atoms with Gasteiger partial charge in [-0.3, -0.25) is 14.9 Å². The van der Waals surface area contributed by atoms with Crippen molar-refractivity contribution in [2.24, 2.45) is 0 Å². The molecule has 3 aromatic rings. The topological polar surface area (TPSA) is 83.6 Å². The summed E-state index contributed by atoms with van der Waals surface area (Å²) in [6.07, 6.45) is 3.31. The maximum absolute atomic E-state index is 13.8. The van der Waals surface area contributed by atoms with Crippen LogP contribution < -0.4 is 5.32 Å². The first-order valence-corrected chi connectivity index (χ1v) is 8.54. The van der Waals surface area contributed by atoms with Crippen molar-refractivity contribution in [2.45, 2.75) is 17.3 Å². The molecule has 25 heavy (non-hydrogen) atoms. The SMILES string of the molecule is C[C@@H](Sc1n[nH]c(-c2ccncc2)n1)C(=O)Nc1ccc(Cl)cc1F. The van der Waals surface area contributed by atoms with Gasteiger partial charge < -0.3 is 5.32 Å². The van der Waals surface area contributed by atoms with Crippen molar-refractivity contribution in [3.8, 4) is 11.4 Å². The maximum Gasteiger partial charge on any atom is 0.237 e. The van der Waals surface area contributed by atoms with E-state index in [2.05, 4.69) is 25.5 Å². The van der Waals surface area contributed by atoms with E-state index in [9.17, 15) is 9.18 Å². The number of carbonyl (C=O) groups is 1. The van der Waals surface area contributed by atoms with Crippen molar-refractivity contribution in [2.75, 3.05) is 5.32 Å². The molecule has 1 atom stereocenters. The van der Waals surface area contributed by atoms with Gasteiger partial charge in [0.25, 0.3) is 0 Å². The first kappa shape index (κ1) is 17.4. The number of rotatable bonds is 5. The van der Waals surface area contributed by atoms with Gasteiger partial charge in [-0.25, -0.2) is 9.37 Å². The summed E-state index contributed by atoms with van der Waals surface area (Å²) < 4.78 is 13.8. The summed E-state index contributed by atoms with van der Waals surface area (Å²) >= 11 is 6.86. The minimum Gasteiger partial charge on any atom is -0.323 e. The quantitative estimate of drug-likeness (QED) is 0.661. The number of carbonyl (C=O) groups excluding carboxylic acids is 1. The summed E-state index contributed by atoms with van der Waals surface area (Å²) in [5, 5.41) is 9.60. The predicted molar refractivity (Wildman–Crippen MR) is 95.0 cm³/mol. The molecule has 1 amide bonds. The van der Waals surface area contributed by atoms with Crippen molar-refractivity contribution in [1.82, 2.24) is 20.2 Å². The zero-order valence-corrected chi connectivity index (χ0v) is 14.6. The van der Waals surface area contributed by atoms with Crippen LogP contribution in [0.15, 0.2) is 47.9 Å². The number of hydrogen-bond acceptors (Lipinski definition) is 5. The van der Waals surface area contributed by atoms with E-state index in [0.29, 0.717) is 11.0 Å². The molecular weight excluding hydrogens is 365 g/mol. The second-order valence-electron chi connectivity index (χ2n) is 5.08. The van der Waals surface area contributed by atoms with E-state index in [1.54, 1.807) is 31.5 Å². The molecule has 0 unspecified atom stereocenters. The second-order valence-corrected chi connectivity index (χ2v) is 6.82. The van der Waals surface area contributed by atoms with Crippen molar-refractivity contribution in [3.63, 3.8) is 0 Å². The van der Waals surface area contributed by atoms with Crippen LogP contribution in [0.25, 0.3) is 11.4 Å². The third-order valence-corrected chi connectivity index (χ3v) is 4.46. The van der Waals surface area contributed by atoms with E-state index in [1.165, 1.54) is 23.9 Å². The normalized spacial score (nSPS) is 12.0.